The third-order valence-electron chi connectivity index (χ3n) is 3.08. The molecule has 2 atom stereocenters. The zero-order valence-corrected chi connectivity index (χ0v) is 9.56. The van der Waals surface area contributed by atoms with E-state index in [1.807, 2.05) is 13.8 Å². The molecular formula is C10H19NO4. The van der Waals surface area contributed by atoms with Crippen LogP contribution in [0, 0.1) is 16.0 Å². The van der Waals surface area contributed by atoms with Crippen LogP contribution < -0.4 is 0 Å². The molecule has 0 aromatic rings. The normalized spacial score (nSPS) is 23.7. The van der Waals surface area contributed by atoms with Crippen LogP contribution in [0.2, 0.25) is 0 Å². The number of nitro groups is 1. The minimum atomic E-state index is -0.866. The summed E-state index contributed by atoms with van der Waals surface area (Å²) < 4.78 is 10.7. The maximum absolute atomic E-state index is 10.9. The van der Waals surface area contributed by atoms with Crippen molar-refractivity contribution < 1.29 is 14.4 Å². The molecule has 1 saturated heterocycles. The second-order valence-corrected chi connectivity index (χ2v) is 4.40. The molecule has 1 rings (SSSR count). The minimum absolute atomic E-state index is 0.0582. The maximum Gasteiger partial charge on any atom is 0.219 e. The lowest BCUT2D eigenvalue weighted by atomic mass is 9.88. The standard InChI is InChI=1S/C10H19NO4/c1-4-10(3,11(12)13)7-8(2)9-14-5-6-15-9/h8-9H,4-7H2,1-3H3. The molecule has 0 radical (unpaired) electrons. The van der Waals surface area contributed by atoms with Crippen LogP contribution in [0.3, 0.4) is 0 Å². The Morgan fingerprint density at radius 2 is 2.07 bits per heavy atom. The van der Waals surface area contributed by atoms with E-state index in [0.717, 1.165) is 0 Å². The Hall–Kier alpha value is -0.680. The van der Waals surface area contributed by atoms with Gasteiger partial charge in [-0.15, -0.1) is 0 Å². The quantitative estimate of drug-likeness (QED) is 0.520. The Kier molecular flexibility index (Phi) is 4.04. The Labute approximate surface area is 89.9 Å². The lowest BCUT2D eigenvalue weighted by molar-refractivity contribution is -0.569. The number of rotatable bonds is 5. The van der Waals surface area contributed by atoms with Gasteiger partial charge in [-0.1, -0.05) is 13.8 Å². The van der Waals surface area contributed by atoms with E-state index in [9.17, 15) is 10.1 Å². The summed E-state index contributed by atoms with van der Waals surface area (Å²) in [5, 5.41) is 10.9. The fraction of sp³-hybridized carbons (Fsp3) is 1.00. The molecule has 2 unspecified atom stereocenters. The molecule has 5 heteroatoms. The number of hydrogen-bond donors (Lipinski definition) is 0. The van der Waals surface area contributed by atoms with Gasteiger partial charge < -0.3 is 9.47 Å². The summed E-state index contributed by atoms with van der Waals surface area (Å²) in [6.45, 7) is 6.64. The molecule has 88 valence electrons. The van der Waals surface area contributed by atoms with Gasteiger partial charge in [-0.05, 0) is 0 Å². The van der Waals surface area contributed by atoms with Gasteiger partial charge in [0.2, 0.25) is 5.54 Å². The van der Waals surface area contributed by atoms with Gasteiger partial charge in [-0.25, -0.2) is 0 Å². The van der Waals surface area contributed by atoms with Gasteiger partial charge in [0.15, 0.2) is 6.29 Å². The van der Waals surface area contributed by atoms with Crippen molar-refractivity contribution >= 4 is 0 Å². The monoisotopic (exact) mass is 217 g/mol. The first-order chi connectivity index (χ1) is 6.99. The molecular weight excluding hydrogens is 198 g/mol. The van der Waals surface area contributed by atoms with E-state index in [0.29, 0.717) is 26.1 Å². The largest absolute Gasteiger partial charge is 0.350 e. The zero-order chi connectivity index (χ0) is 11.5. The summed E-state index contributed by atoms with van der Waals surface area (Å²) in [6, 6.07) is 0. The van der Waals surface area contributed by atoms with Crippen LogP contribution in [-0.4, -0.2) is 30.0 Å². The highest BCUT2D eigenvalue weighted by Crippen LogP contribution is 2.28. The van der Waals surface area contributed by atoms with Crippen LogP contribution in [0.1, 0.15) is 33.6 Å². The topological polar surface area (TPSA) is 61.6 Å². The average molecular weight is 217 g/mol. The van der Waals surface area contributed by atoms with E-state index in [1.54, 1.807) is 6.92 Å². The van der Waals surface area contributed by atoms with Gasteiger partial charge in [0.25, 0.3) is 0 Å². The van der Waals surface area contributed by atoms with E-state index in [1.165, 1.54) is 0 Å². The van der Waals surface area contributed by atoms with Crippen LogP contribution in [-0.2, 0) is 9.47 Å². The number of hydrogen-bond acceptors (Lipinski definition) is 4. The highest BCUT2D eigenvalue weighted by Gasteiger charge is 2.39. The summed E-state index contributed by atoms with van der Waals surface area (Å²) in [5.74, 6) is 0.0582. The Bertz CT molecular complexity index is 227. The summed E-state index contributed by atoms with van der Waals surface area (Å²) in [4.78, 5) is 10.7. The van der Waals surface area contributed by atoms with Gasteiger partial charge in [-0.2, -0.15) is 0 Å². The van der Waals surface area contributed by atoms with Crippen molar-refractivity contribution in [2.75, 3.05) is 13.2 Å². The summed E-state index contributed by atoms with van der Waals surface area (Å²) in [7, 11) is 0. The molecule has 0 N–H and O–H groups in total. The molecule has 0 aliphatic carbocycles. The van der Waals surface area contributed by atoms with Crippen molar-refractivity contribution in [3.05, 3.63) is 10.1 Å². The molecule has 0 saturated carbocycles. The van der Waals surface area contributed by atoms with Gasteiger partial charge in [0, 0.05) is 30.6 Å². The fourth-order valence-corrected chi connectivity index (χ4v) is 1.84. The van der Waals surface area contributed by atoms with E-state index < -0.39 is 5.54 Å². The van der Waals surface area contributed by atoms with Crippen LogP contribution >= 0.6 is 0 Å². The van der Waals surface area contributed by atoms with Crippen LogP contribution in [0.25, 0.3) is 0 Å². The first-order valence-corrected chi connectivity index (χ1v) is 5.37. The highest BCUT2D eigenvalue weighted by atomic mass is 16.7. The van der Waals surface area contributed by atoms with Crippen molar-refractivity contribution in [2.45, 2.75) is 45.4 Å². The molecule has 1 aliphatic heterocycles. The molecule has 1 heterocycles. The van der Waals surface area contributed by atoms with Crippen molar-refractivity contribution in [2.24, 2.45) is 5.92 Å². The van der Waals surface area contributed by atoms with Crippen LogP contribution in [0.5, 0.6) is 0 Å². The van der Waals surface area contributed by atoms with Crippen molar-refractivity contribution in [1.29, 1.82) is 0 Å². The zero-order valence-electron chi connectivity index (χ0n) is 9.56. The average Bonchev–Trinajstić information content (AvgIpc) is 2.70. The van der Waals surface area contributed by atoms with E-state index in [-0.39, 0.29) is 17.1 Å². The smallest absolute Gasteiger partial charge is 0.219 e. The van der Waals surface area contributed by atoms with Crippen molar-refractivity contribution in [3.63, 3.8) is 0 Å². The molecule has 0 spiro atoms. The Morgan fingerprint density at radius 1 is 1.53 bits per heavy atom. The second-order valence-electron chi connectivity index (χ2n) is 4.40. The summed E-state index contributed by atoms with van der Waals surface area (Å²) in [6.07, 6.45) is 0.744. The molecule has 0 bridgehead atoms. The molecule has 0 amide bonds. The van der Waals surface area contributed by atoms with Gasteiger partial charge in [-0.3, -0.25) is 10.1 Å². The number of ether oxygens (including phenoxy) is 2. The lowest BCUT2D eigenvalue weighted by Gasteiger charge is -2.25. The SMILES string of the molecule is CCC(C)(CC(C)C1OCCO1)[N+](=O)[O-]. The third kappa shape index (κ3) is 2.89. The third-order valence-corrected chi connectivity index (χ3v) is 3.08. The Balaban J connectivity index is 2.54. The minimum Gasteiger partial charge on any atom is -0.350 e. The lowest BCUT2D eigenvalue weighted by Crippen LogP contribution is -2.38. The first kappa shape index (κ1) is 12.4. The number of nitrogens with zero attached hydrogens (tertiary/aromatic N) is 1. The summed E-state index contributed by atoms with van der Waals surface area (Å²) in [5.41, 5.74) is -0.866. The van der Waals surface area contributed by atoms with E-state index in [4.69, 9.17) is 9.47 Å². The predicted octanol–water partition coefficient (Wildman–Crippen LogP) is 1.83. The first-order valence-electron chi connectivity index (χ1n) is 5.37. The van der Waals surface area contributed by atoms with Gasteiger partial charge in [0.1, 0.15) is 0 Å². The van der Waals surface area contributed by atoms with Gasteiger partial charge >= 0.3 is 0 Å². The molecule has 1 fully saturated rings. The molecule has 15 heavy (non-hydrogen) atoms. The van der Waals surface area contributed by atoms with Crippen LogP contribution in [0.15, 0.2) is 0 Å². The van der Waals surface area contributed by atoms with Crippen molar-refractivity contribution in [3.8, 4) is 0 Å². The fourth-order valence-electron chi connectivity index (χ4n) is 1.84. The predicted molar refractivity (Wildman–Crippen MR) is 55.2 cm³/mol. The molecule has 0 aromatic carbocycles. The van der Waals surface area contributed by atoms with Crippen LogP contribution in [0.4, 0.5) is 0 Å². The maximum atomic E-state index is 10.9. The highest BCUT2D eigenvalue weighted by molar-refractivity contribution is 4.77. The Morgan fingerprint density at radius 3 is 2.47 bits per heavy atom. The second kappa shape index (κ2) is 4.90. The molecule has 5 nitrogen and oxygen atoms in total. The van der Waals surface area contributed by atoms with Gasteiger partial charge in [0.05, 0.1) is 13.2 Å². The van der Waals surface area contributed by atoms with E-state index in [2.05, 4.69) is 0 Å². The molecule has 0 aromatic heterocycles. The van der Waals surface area contributed by atoms with Crippen molar-refractivity contribution in [1.82, 2.24) is 0 Å². The summed E-state index contributed by atoms with van der Waals surface area (Å²) >= 11 is 0. The van der Waals surface area contributed by atoms with E-state index >= 15 is 0 Å². The molecule has 1 aliphatic rings.